The molecule has 0 saturated carbocycles. The molecule has 0 atom stereocenters. The van der Waals surface area contributed by atoms with Crippen molar-refractivity contribution in [2.75, 3.05) is 26.5 Å². The Bertz CT molecular complexity index is 928. The van der Waals surface area contributed by atoms with Crippen molar-refractivity contribution < 1.29 is 9.53 Å². The molecule has 29 heavy (non-hydrogen) atoms. The fraction of sp³-hybridized carbons (Fsp3) is 0.333. The van der Waals surface area contributed by atoms with E-state index in [1.54, 1.807) is 24.4 Å². The van der Waals surface area contributed by atoms with Gasteiger partial charge in [0.1, 0.15) is 5.75 Å². The molecule has 1 amide bonds. The average Bonchev–Trinajstić information content (AvgIpc) is 3.20. The van der Waals surface area contributed by atoms with Crippen LogP contribution in [-0.2, 0) is 4.79 Å². The highest BCUT2D eigenvalue weighted by molar-refractivity contribution is 7.99. The Balaban J connectivity index is 1.89. The van der Waals surface area contributed by atoms with E-state index in [1.807, 2.05) is 48.0 Å². The number of hydrogen-bond acceptors (Lipinski definition) is 6. The van der Waals surface area contributed by atoms with Crippen LogP contribution in [-0.4, -0.2) is 57.0 Å². The van der Waals surface area contributed by atoms with Crippen LogP contribution in [0.1, 0.15) is 19.8 Å². The molecule has 0 N–H and O–H groups in total. The van der Waals surface area contributed by atoms with E-state index in [4.69, 9.17) is 4.74 Å². The zero-order chi connectivity index (χ0) is 20.6. The Morgan fingerprint density at radius 1 is 1.14 bits per heavy atom. The zero-order valence-corrected chi connectivity index (χ0v) is 17.7. The first-order valence-corrected chi connectivity index (χ1v) is 10.5. The number of pyridine rings is 1. The van der Waals surface area contributed by atoms with Crippen molar-refractivity contribution >= 4 is 17.7 Å². The summed E-state index contributed by atoms with van der Waals surface area (Å²) in [5.74, 6) is 1.87. The number of nitrogens with zero attached hydrogens (tertiary/aromatic N) is 5. The monoisotopic (exact) mass is 411 g/mol. The van der Waals surface area contributed by atoms with Gasteiger partial charge in [-0.15, -0.1) is 10.2 Å². The van der Waals surface area contributed by atoms with Crippen LogP contribution in [0.2, 0.25) is 0 Å². The van der Waals surface area contributed by atoms with Gasteiger partial charge in [-0.25, -0.2) is 0 Å². The number of aromatic nitrogens is 4. The van der Waals surface area contributed by atoms with E-state index >= 15 is 0 Å². The molecule has 0 radical (unpaired) electrons. The Morgan fingerprint density at radius 2 is 1.86 bits per heavy atom. The van der Waals surface area contributed by atoms with E-state index in [0.717, 1.165) is 36.4 Å². The summed E-state index contributed by atoms with van der Waals surface area (Å²) >= 11 is 1.39. The first-order chi connectivity index (χ1) is 14.1. The van der Waals surface area contributed by atoms with Crippen molar-refractivity contribution in [1.82, 2.24) is 24.6 Å². The van der Waals surface area contributed by atoms with Crippen molar-refractivity contribution in [2.45, 2.75) is 24.9 Å². The molecule has 2 aromatic heterocycles. The van der Waals surface area contributed by atoms with Gasteiger partial charge in [0, 0.05) is 37.2 Å². The summed E-state index contributed by atoms with van der Waals surface area (Å²) < 4.78 is 7.22. The molecule has 0 aliphatic heterocycles. The van der Waals surface area contributed by atoms with Gasteiger partial charge >= 0.3 is 0 Å². The van der Waals surface area contributed by atoms with Crippen LogP contribution in [0.25, 0.3) is 17.1 Å². The van der Waals surface area contributed by atoms with Crippen LogP contribution in [0.15, 0.2) is 53.9 Å². The Kier molecular flexibility index (Phi) is 7.24. The highest BCUT2D eigenvalue weighted by atomic mass is 32.2. The quantitative estimate of drug-likeness (QED) is 0.500. The van der Waals surface area contributed by atoms with Crippen molar-refractivity contribution in [1.29, 1.82) is 0 Å². The van der Waals surface area contributed by atoms with Crippen LogP contribution in [0, 0.1) is 0 Å². The van der Waals surface area contributed by atoms with Gasteiger partial charge in [-0.3, -0.25) is 14.3 Å². The number of amides is 1. The number of hydrogen-bond donors (Lipinski definition) is 0. The van der Waals surface area contributed by atoms with Crippen LogP contribution >= 0.6 is 11.8 Å². The highest BCUT2D eigenvalue weighted by Crippen LogP contribution is 2.28. The van der Waals surface area contributed by atoms with Gasteiger partial charge in [0.25, 0.3) is 0 Å². The molecule has 152 valence electrons. The Hall–Kier alpha value is -2.87. The minimum atomic E-state index is 0.0817. The smallest absolute Gasteiger partial charge is 0.232 e. The lowest BCUT2D eigenvalue weighted by Gasteiger charge is -2.16. The second-order valence-corrected chi connectivity index (χ2v) is 7.48. The Morgan fingerprint density at radius 3 is 2.52 bits per heavy atom. The summed E-state index contributed by atoms with van der Waals surface area (Å²) in [5, 5.41) is 9.41. The van der Waals surface area contributed by atoms with E-state index < -0.39 is 0 Å². The lowest BCUT2D eigenvalue weighted by atomic mass is 10.2. The van der Waals surface area contributed by atoms with E-state index in [1.165, 1.54) is 11.8 Å². The van der Waals surface area contributed by atoms with Crippen LogP contribution < -0.4 is 4.74 Å². The number of thioether (sulfide) groups is 1. The first-order valence-electron chi connectivity index (χ1n) is 9.51. The van der Waals surface area contributed by atoms with Crippen LogP contribution in [0.3, 0.4) is 0 Å². The highest BCUT2D eigenvalue weighted by Gasteiger charge is 2.18. The van der Waals surface area contributed by atoms with E-state index in [-0.39, 0.29) is 5.91 Å². The van der Waals surface area contributed by atoms with Crippen LogP contribution in [0.5, 0.6) is 5.75 Å². The number of benzene rings is 1. The lowest BCUT2D eigenvalue weighted by molar-refractivity contribution is -0.127. The fourth-order valence-corrected chi connectivity index (χ4v) is 3.66. The third kappa shape index (κ3) is 5.14. The normalized spacial score (nSPS) is 10.7. The molecule has 3 aromatic rings. The minimum absolute atomic E-state index is 0.0817. The summed E-state index contributed by atoms with van der Waals surface area (Å²) in [4.78, 5) is 18.3. The molecular formula is C21H25N5O2S. The maximum absolute atomic E-state index is 12.5. The van der Waals surface area contributed by atoms with Gasteiger partial charge in [-0.1, -0.05) is 25.1 Å². The second-order valence-electron chi connectivity index (χ2n) is 6.53. The molecule has 8 heteroatoms. The SMILES string of the molecule is CCCCN(C)C(=O)CSc1nnc(-c2ccncc2)n1-c1ccc(OC)cc1. The molecule has 0 saturated heterocycles. The summed E-state index contributed by atoms with van der Waals surface area (Å²) in [5.41, 5.74) is 1.80. The van der Waals surface area contributed by atoms with Crippen molar-refractivity contribution in [3.05, 3.63) is 48.8 Å². The maximum atomic E-state index is 12.5. The van der Waals surface area contributed by atoms with Gasteiger partial charge in [-0.05, 0) is 42.8 Å². The second kappa shape index (κ2) is 10.1. The minimum Gasteiger partial charge on any atom is -0.497 e. The molecule has 0 fully saturated rings. The number of rotatable bonds is 9. The van der Waals surface area contributed by atoms with Gasteiger partial charge in [-0.2, -0.15) is 0 Å². The third-order valence-corrected chi connectivity index (χ3v) is 5.41. The number of methoxy groups -OCH3 is 1. The molecule has 0 aliphatic carbocycles. The standard InChI is InChI=1S/C21H25N5O2S/c1-4-5-14-25(2)19(27)15-29-21-24-23-20(16-10-12-22-13-11-16)26(21)17-6-8-18(28-3)9-7-17/h6-13H,4-5,14-15H2,1-3H3. The molecule has 1 aromatic carbocycles. The predicted octanol–water partition coefficient (Wildman–Crippen LogP) is 3.69. The van der Waals surface area contributed by atoms with Gasteiger partial charge in [0.05, 0.1) is 12.9 Å². The first kappa shape index (κ1) is 20.9. The van der Waals surface area contributed by atoms with Crippen molar-refractivity contribution in [2.24, 2.45) is 0 Å². The van der Waals surface area contributed by atoms with Gasteiger partial charge < -0.3 is 9.64 Å². The summed E-state index contributed by atoms with van der Waals surface area (Å²) in [6, 6.07) is 11.5. The average molecular weight is 412 g/mol. The van der Waals surface area contributed by atoms with Gasteiger partial charge in [0.2, 0.25) is 5.91 Å². The largest absolute Gasteiger partial charge is 0.497 e. The van der Waals surface area contributed by atoms with Crippen molar-refractivity contribution in [3.8, 4) is 22.8 Å². The molecule has 0 unspecified atom stereocenters. The molecule has 0 aliphatic rings. The molecule has 2 heterocycles. The van der Waals surface area contributed by atoms with Crippen molar-refractivity contribution in [3.63, 3.8) is 0 Å². The predicted molar refractivity (Wildman–Crippen MR) is 114 cm³/mol. The molecular weight excluding hydrogens is 386 g/mol. The topological polar surface area (TPSA) is 73.1 Å². The third-order valence-electron chi connectivity index (χ3n) is 4.50. The summed E-state index contributed by atoms with van der Waals surface area (Å²) in [6.45, 7) is 2.88. The summed E-state index contributed by atoms with van der Waals surface area (Å²) in [7, 11) is 3.48. The summed E-state index contributed by atoms with van der Waals surface area (Å²) in [6.07, 6.45) is 5.51. The molecule has 0 spiro atoms. The Labute approximate surface area is 175 Å². The lowest BCUT2D eigenvalue weighted by Crippen LogP contribution is -2.29. The molecule has 7 nitrogen and oxygen atoms in total. The number of carbonyl (C=O) groups excluding carboxylic acids is 1. The number of ether oxygens (including phenoxy) is 1. The zero-order valence-electron chi connectivity index (χ0n) is 16.9. The number of unbranched alkanes of at least 4 members (excludes halogenated alkanes) is 1. The fourth-order valence-electron chi connectivity index (χ4n) is 2.77. The number of carbonyl (C=O) groups is 1. The maximum Gasteiger partial charge on any atom is 0.232 e. The van der Waals surface area contributed by atoms with Crippen LogP contribution in [0.4, 0.5) is 0 Å². The van der Waals surface area contributed by atoms with E-state index in [0.29, 0.717) is 16.7 Å². The molecule has 0 bridgehead atoms. The van der Waals surface area contributed by atoms with E-state index in [2.05, 4.69) is 22.1 Å². The molecule has 3 rings (SSSR count). The van der Waals surface area contributed by atoms with E-state index in [9.17, 15) is 4.79 Å². The van der Waals surface area contributed by atoms with Gasteiger partial charge in [0.15, 0.2) is 11.0 Å².